The number of piperidine rings is 1. The van der Waals surface area contributed by atoms with Gasteiger partial charge in [0.1, 0.15) is 11.6 Å². The zero-order valence-corrected chi connectivity index (χ0v) is 10.2. The third-order valence-electron chi connectivity index (χ3n) is 2.97. The molecule has 0 saturated carbocycles. The average Bonchev–Trinajstić information content (AvgIpc) is 2.37. The second kappa shape index (κ2) is 5.93. The molecule has 2 heterocycles. The summed E-state index contributed by atoms with van der Waals surface area (Å²) in [5.41, 5.74) is 0. The third-order valence-corrected chi connectivity index (χ3v) is 2.97. The molecule has 5 heteroatoms. The summed E-state index contributed by atoms with van der Waals surface area (Å²) < 4.78 is 5.53. The van der Waals surface area contributed by atoms with Crippen LogP contribution >= 0.6 is 0 Å². The van der Waals surface area contributed by atoms with Gasteiger partial charge in [-0.3, -0.25) is 0 Å². The summed E-state index contributed by atoms with van der Waals surface area (Å²) in [5, 5.41) is 8.71. The molecule has 1 N–H and O–H groups in total. The van der Waals surface area contributed by atoms with E-state index in [-0.39, 0.29) is 12.7 Å². The number of aryl methyl sites for hydroxylation is 1. The van der Waals surface area contributed by atoms with Gasteiger partial charge in [0.15, 0.2) is 0 Å². The molecule has 1 fully saturated rings. The van der Waals surface area contributed by atoms with Crippen molar-refractivity contribution >= 4 is 5.82 Å². The van der Waals surface area contributed by atoms with Gasteiger partial charge in [0, 0.05) is 19.3 Å². The number of aliphatic hydroxyl groups is 1. The summed E-state index contributed by atoms with van der Waals surface area (Å²) in [7, 11) is 0. The molecule has 17 heavy (non-hydrogen) atoms. The summed E-state index contributed by atoms with van der Waals surface area (Å²) in [5.74, 6) is 1.80. The Hall–Kier alpha value is -1.20. The number of rotatable bonds is 4. The van der Waals surface area contributed by atoms with E-state index in [1.807, 2.05) is 13.0 Å². The van der Waals surface area contributed by atoms with E-state index in [1.54, 1.807) is 6.20 Å². The molecule has 0 radical (unpaired) electrons. The summed E-state index contributed by atoms with van der Waals surface area (Å²) in [6.07, 6.45) is 4.05. The predicted molar refractivity (Wildman–Crippen MR) is 65.0 cm³/mol. The van der Waals surface area contributed by atoms with Gasteiger partial charge < -0.3 is 14.7 Å². The summed E-state index contributed by atoms with van der Waals surface area (Å²) in [6.45, 7) is 4.35. The molecule has 1 saturated heterocycles. The highest BCUT2D eigenvalue weighted by molar-refractivity contribution is 5.37. The van der Waals surface area contributed by atoms with E-state index in [4.69, 9.17) is 9.84 Å². The third kappa shape index (κ3) is 3.38. The number of aliphatic hydroxyl groups excluding tert-OH is 1. The highest BCUT2D eigenvalue weighted by Crippen LogP contribution is 2.19. The maximum atomic E-state index is 8.71. The molecule has 0 atom stereocenters. The van der Waals surface area contributed by atoms with Gasteiger partial charge in [0.05, 0.1) is 19.3 Å². The van der Waals surface area contributed by atoms with Crippen LogP contribution in [0.3, 0.4) is 0 Å². The van der Waals surface area contributed by atoms with Crippen LogP contribution in [0.25, 0.3) is 0 Å². The Morgan fingerprint density at radius 3 is 2.88 bits per heavy atom. The fourth-order valence-corrected chi connectivity index (χ4v) is 2.09. The van der Waals surface area contributed by atoms with E-state index < -0.39 is 0 Å². The minimum atomic E-state index is 0.102. The Kier molecular flexibility index (Phi) is 4.28. The van der Waals surface area contributed by atoms with Gasteiger partial charge in [-0.05, 0) is 25.8 Å². The molecule has 1 aliphatic heterocycles. The Bertz CT molecular complexity index is 351. The number of hydrogen-bond donors (Lipinski definition) is 1. The van der Waals surface area contributed by atoms with E-state index in [1.165, 1.54) is 0 Å². The fraction of sp³-hybridized carbons (Fsp3) is 0.667. The smallest absolute Gasteiger partial charge is 0.132 e. The molecule has 94 valence electrons. The summed E-state index contributed by atoms with van der Waals surface area (Å²) in [6, 6.07) is 1.95. The van der Waals surface area contributed by atoms with Crippen molar-refractivity contribution in [2.75, 3.05) is 31.2 Å². The molecule has 1 aliphatic rings. The van der Waals surface area contributed by atoms with Crippen LogP contribution in [0.1, 0.15) is 18.7 Å². The second-order valence-corrected chi connectivity index (χ2v) is 4.24. The Balaban J connectivity index is 1.86. The van der Waals surface area contributed by atoms with Gasteiger partial charge in [-0.25, -0.2) is 9.97 Å². The first-order valence-electron chi connectivity index (χ1n) is 6.06. The number of ether oxygens (including phenoxy) is 1. The molecular formula is C12H19N3O2. The van der Waals surface area contributed by atoms with Crippen LogP contribution in [-0.4, -0.2) is 47.5 Å². The molecular weight excluding hydrogens is 218 g/mol. The monoisotopic (exact) mass is 237 g/mol. The topological polar surface area (TPSA) is 58.5 Å². The van der Waals surface area contributed by atoms with Crippen molar-refractivity contribution in [1.82, 2.24) is 9.97 Å². The minimum absolute atomic E-state index is 0.102. The molecule has 0 aliphatic carbocycles. The molecule has 0 bridgehead atoms. The largest absolute Gasteiger partial charge is 0.394 e. The highest BCUT2D eigenvalue weighted by Gasteiger charge is 2.20. The van der Waals surface area contributed by atoms with Crippen molar-refractivity contribution < 1.29 is 9.84 Å². The lowest BCUT2D eigenvalue weighted by molar-refractivity contribution is 0.0158. The van der Waals surface area contributed by atoms with Crippen LogP contribution in [0.4, 0.5) is 5.82 Å². The standard InChI is InChI=1S/C12H19N3O2/c1-10-13-5-2-12(14-10)15-6-3-11(4-7-15)17-9-8-16/h2,5,11,16H,3-4,6-9H2,1H3. The first-order valence-corrected chi connectivity index (χ1v) is 6.06. The first-order chi connectivity index (χ1) is 8.29. The van der Waals surface area contributed by atoms with Crippen LogP contribution in [-0.2, 0) is 4.74 Å². The van der Waals surface area contributed by atoms with E-state index >= 15 is 0 Å². The first kappa shape index (κ1) is 12.3. The number of hydrogen-bond acceptors (Lipinski definition) is 5. The van der Waals surface area contributed by atoms with Gasteiger partial charge in [0.2, 0.25) is 0 Å². The van der Waals surface area contributed by atoms with Crippen molar-refractivity contribution in [2.45, 2.75) is 25.9 Å². The van der Waals surface area contributed by atoms with Crippen molar-refractivity contribution in [3.8, 4) is 0 Å². The molecule has 0 amide bonds. The van der Waals surface area contributed by atoms with Crippen molar-refractivity contribution in [3.63, 3.8) is 0 Å². The fourth-order valence-electron chi connectivity index (χ4n) is 2.09. The van der Waals surface area contributed by atoms with E-state index in [2.05, 4.69) is 14.9 Å². The number of nitrogens with zero attached hydrogens (tertiary/aromatic N) is 3. The Morgan fingerprint density at radius 2 is 2.24 bits per heavy atom. The molecule has 0 aromatic carbocycles. The zero-order chi connectivity index (χ0) is 12.1. The van der Waals surface area contributed by atoms with E-state index in [0.29, 0.717) is 6.61 Å². The van der Waals surface area contributed by atoms with Gasteiger partial charge >= 0.3 is 0 Å². The number of aromatic nitrogens is 2. The quantitative estimate of drug-likeness (QED) is 0.838. The van der Waals surface area contributed by atoms with Crippen LogP contribution in [0, 0.1) is 6.92 Å². The molecule has 1 aromatic rings. The second-order valence-electron chi connectivity index (χ2n) is 4.24. The predicted octanol–water partition coefficient (Wildman–Crippen LogP) is 0.763. The van der Waals surface area contributed by atoms with E-state index in [0.717, 1.165) is 37.6 Å². The zero-order valence-electron chi connectivity index (χ0n) is 10.2. The maximum absolute atomic E-state index is 8.71. The summed E-state index contributed by atoms with van der Waals surface area (Å²) in [4.78, 5) is 10.8. The molecule has 0 spiro atoms. The Morgan fingerprint density at radius 1 is 1.47 bits per heavy atom. The van der Waals surface area contributed by atoms with Crippen LogP contribution < -0.4 is 4.90 Å². The van der Waals surface area contributed by atoms with Gasteiger partial charge in [-0.1, -0.05) is 0 Å². The normalized spacial score (nSPS) is 17.4. The molecule has 5 nitrogen and oxygen atoms in total. The lowest BCUT2D eigenvalue weighted by Gasteiger charge is -2.32. The maximum Gasteiger partial charge on any atom is 0.132 e. The van der Waals surface area contributed by atoms with Gasteiger partial charge in [0.25, 0.3) is 0 Å². The molecule has 0 unspecified atom stereocenters. The van der Waals surface area contributed by atoms with Crippen molar-refractivity contribution in [2.24, 2.45) is 0 Å². The lowest BCUT2D eigenvalue weighted by atomic mass is 10.1. The van der Waals surface area contributed by atoms with Crippen molar-refractivity contribution in [1.29, 1.82) is 0 Å². The number of anilines is 1. The highest BCUT2D eigenvalue weighted by atomic mass is 16.5. The van der Waals surface area contributed by atoms with Crippen LogP contribution in [0.2, 0.25) is 0 Å². The van der Waals surface area contributed by atoms with Crippen LogP contribution in [0.15, 0.2) is 12.3 Å². The average molecular weight is 237 g/mol. The van der Waals surface area contributed by atoms with Crippen LogP contribution in [0.5, 0.6) is 0 Å². The van der Waals surface area contributed by atoms with E-state index in [9.17, 15) is 0 Å². The summed E-state index contributed by atoms with van der Waals surface area (Å²) >= 11 is 0. The van der Waals surface area contributed by atoms with Gasteiger partial charge in [-0.2, -0.15) is 0 Å². The van der Waals surface area contributed by atoms with Crippen molar-refractivity contribution in [3.05, 3.63) is 18.1 Å². The minimum Gasteiger partial charge on any atom is -0.394 e. The Labute approximate surface area is 101 Å². The lowest BCUT2D eigenvalue weighted by Crippen LogP contribution is -2.37. The SMILES string of the molecule is Cc1nccc(N2CCC(OCCO)CC2)n1. The molecule has 2 rings (SSSR count). The van der Waals surface area contributed by atoms with Gasteiger partial charge in [-0.15, -0.1) is 0 Å². The molecule has 1 aromatic heterocycles.